The van der Waals surface area contributed by atoms with E-state index in [-0.39, 0.29) is 5.91 Å². The van der Waals surface area contributed by atoms with E-state index >= 15 is 0 Å². The van der Waals surface area contributed by atoms with Crippen LogP contribution in [0.5, 0.6) is 0 Å². The van der Waals surface area contributed by atoms with Gasteiger partial charge >= 0.3 is 0 Å². The summed E-state index contributed by atoms with van der Waals surface area (Å²) in [6, 6.07) is 1.18. The highest BCUT2D eigenvalue weighted by molar-refractivity contribution is 5.73. The first kappa shape index (κ1) is 15.8. The second kappa shape index (κ2) is 6.67. The van der Waals surface area contributed by atoms with Crippen molar-refractivity contribution in [1.29, 1.82) is 0 Å². The zero-order chi connectivity index (χ0) is 16.5. The van der Waals surface area contributed by atoms with Gasteiger partial charge in [-0.05, 0) is 37.5 Å². The second-order valence-electron chi connectivity index (χ2n) is 7.53. The molecule has 24 heavy (non-hydrogen) atoms. The van der Waals surface area contributed by atoms with Crippen LogP contribution in [0, 0.1) is 11.8 Å². The van der Waals surface area contributed by atoms with Crippen LogP contribution in [0.25, 0.3) is 0 Å². The smallest absolute Gasteiger partial charge is 0.219 e. The van der Waals surface area contributed by atoms with Gasteiger partial charge in [0.05, 0.1) is 6.20 Å². The Morgan fingerprint density at radius 1 is 1.17 bits per heavy atom. The van der Waals surface area contributed by atoms with E-state index in [2.05, 4.69) is 20.2 Å². The van der Waals surface area contributed by atoms with Crippen LogP contribution in [0.3, 0.4) is 0 Å². The molecule has 0 radical (unpaired) electrons. The summed E-state index contributed by atoms with van der Waals surface area (Å²) < 4.78 is 0. The van der Waals surface area contributed by atoms with Crippen molar-refractivity contribution in [2.75, 3.05) is 31.5 Å². The monoisotopic (exact) mass is 329 g/mol. The molecular weight excluding hydrogens is 302 g/mol. The van der Waals surface area contributed by atoms with Crippen molar-refractivity contribution >= 4 is 11.7 Å². The number of rotatable bonds is 3. The maximum atomic E-state index is 11.5. The van der Waals surface area contributed by atoms with Gasteiger partial charge in [0.2, 0.25) is 5.91 Å². The molecule has 0 aromatic carbocycles. The topological polar surface area (TPSA) is 61.4 Å². The lowest BCUT2D eigenvalue weighted by molar-refractivity contribution is -0.130. The first-order valence-corrected chi connectivity index (χ1v) is 9.23. The van der Waals surface area contributed by atoms with Crippen molar-refractivity contribution in [3.63, 3.8) is 0 Å². The van der Waals surface area contributed by atoms with Gasteiger partial charge in [-0.1, -0.05) is 0 Å². The molecular formula is C18H27N5O. The number of carbonyl (C=O) groups is 1. The normalized spacial score (nSPS) is 31.2. The third-order valence-corrected chi connectivity index (χ3v) is 6.21. The molecule has 1 aromatic rings. The van der Waals surface area contributed by atoms with Gasteiger partial charge in [0.15, 0.2) is 0 Å². The Balaban J connectivity index is 1.34. The zero-order valence-electron chi connectivity index (χ0n) is 14.4. The minimum absolute atomic E-state index is 0.222. The average molecular weight is 329 g/mol. The molecule has 3 heterocycles. The van der Waals surface area contributed by atoms with E-state index in [1.54, 1.807) is 19.3 Å². The highest BCUT2D eigenvalue weighted by Gasteiger charge is 2.44. The number of nitrogens with one attached hydrogen (secondary N) is 1. The summed E-state index contributed by atoms with van der Waals surface area (Å²) in [5, 5.41) is 3.60. The van der Waals surface area contributed by atoms with Crippen molar-refractivity contribution in [2.24, 2.45) is 11.8 Å². The SMILES string of the molecule is CC(=O)N1CCC(N2C[C@H]3CC[C@@H](Nc4cnccn4)[C@H]3C2)CC1. The molecule has 6 heteroatoms. The molecule has 1 aromatic heterocycles. The van der Waals surface area contributed by atoms with Crippen LogP contribution in [0.2, 0.25) is 0 Å². The van der Waals surface area contributed by atoms with Crippen molar-refractivity contribution < 1.29 is 4.79 Å². The fourth-order valence-electron chi connectivity index (χ4n) is 4.89. The fraction of sp³-hybridized carbons (Fsp3) is 0.722. The van der Waals surface area contributed by atoms with Gasteiger partial charge in [-0.2, -0.15) is 0 Å². The Hall–Kier alpha value is -1.69. The number of aromatic nitrogens is 2. The molecule has 2 saturated heterocycles. The first-order valence-electron chi connectivity index (χ1n) is 9.23. The second-order valence-corrected chi connectivity index (χ2v) is 7.53. The molecule has 130 valence electrons. The number of piperidine rings is 1. The maximum absolute atomic E-state index is 11.5. The van der Waals surface area contributed by atoms with Crippen LogP contribution in [0.4, 0.5) is 5.82 Å². The number of amides is 1. The Morgan fingerprint density at radius 3 is 2.71 bits per heavy atom. The molecule has 2 aliphatic heterocycles. The van der Waals surface area contributed by atoms with Crippen molar-refractivity contribution in [1.82, 2.24) is 19.8 Å². The molecule has 0 bridgehead atoms. The Labute approximate surface area is 143 Å². The highest BCUT2D eigenvalue weighted by Crippen LogP contribution is 2.41. The van der Waals surface area contributed by atoms with Gasteiger partial charge < -0.3 is 10.2 Å². The molecule has 1 amide bonds. The van der Waals surface area contributed by atoms with E-state index in [1.165, 1.54) is 25.9 Å². The van der Waals surface area contributed by atoms with Crippen LogP contribution in [0.15, 0.2) is 18.6 Å². The number of carbonyl (C=O) groups excluding carboxylic acids is 1. The first-order chi connectivity index (χ1) is 11.7. The summed E-state index contributed by atoms with van der Waals surface area (Å²) in [6.45, 7) is 5.95. The van der Waals surface area contributed by atoms with E-state index < -0.39 is 0 Å². The van der Waals surface area contributed by atoms with Gasteiger partial charge in [0.1, 0.15) is 5.82 Å². The summed E-state index contributed by atoms with van der Waals surface area (Å²) in [6.07, 6.45) is 10.1. The van der Waals surface area contributed by atoms with Crippen LogP contribution >= 0.6 is 0 Å². The lowest BCUT2D eigenvalue weighted by Gasteiger charge is -2.37. The van der Waals surface area contributed by atoms with Crippen LogP contribution < -0.4 is 5.32 Å². The molecule has 3 fully saturated rings. The summed E-state index contributed by atoms with van der Waals surface area (Å²) in [5.41, 5.74) is 0. The van der Waals surface area contributed by atoms with E-state index in [4.69, 9.17) is 0 Å². The van der Waals surface area contributed by atoms with Gasteiger partial charge in [-0.25, -0.2) is 4.98 Å². The third kappa shape index (κ3) is 3.11. The number of anilines is 1. The van der Waals surface area contributed by atoms with E-state index in [1.807, 2.05) is 11.1 Å². The van der Waals surface area contributed by atoms with E-state index in [0.29, 0.717) is 12.1 Å². The van der Waals surface area contributed by atoms with Crippen LogP contribution in [-0.4, -0.2) is 63.9 Å². The molecule has 1 N–H and O–H groups in total. The van der Waals surface area contributed by atoms with Gasteiger partial charge in [-0.3, -0.25) is 14.7 Å². The zero-order valence-corrected chi connectivity index (χ0v) is 14.4. The van der Waals surface area contributed by atoms with E-state index in [9.17, 15) is 4.79 Å². The van der Waals surface area contributed by atoms with Crippen LogP contribution in [0.1, 0.15) is 32.6 Å². The lowest BCUT2D eigenvalue weighted by Crippen LogP contribution is -2.46. The van der Waals surface area contributed by atoms with Gasteiger partial charge in [-0.15, -0.1) is 0 Å². The molecule has 3 aliphatic rings. The maximum Gasteiger partial charge on any atom is 0.219 e. The van der Waals surface area contributed by atoms with Crippen molar-refractivity contribution in [2.45, 2.75) is 44.7 Å². The summed E-state index contributed by atoms with van der Waals surface area (Å²) in [5.74, 6) is 2.65. The Morgan fingerprint density at radius 2 is 2.00 bits per heavy atom. The summed E-state index contributed by atoms with van der Waals surface area (Å²) in [4.78, 5) is 24.7. The number of hydrogen-bond donors (Lipinski definition) is 1. The number of nitrogens with zero attached hydrogens (tertiary/aromatic N) is 4. The highest BCUT2D eigenvalue weighted by atomic mass is 16.2. The molecule has 0 unspecified atom stereocenters. The standard InChI is InChI=1S/C18H27N5O/c1-13(24)22-8-4-15(5-9-22)23-11-14-2-3-17(16(14)12-23)21-18-10-19-6-7-20-18/h6-7,10,14-17H,2-5,8-9,11-12H2,1H3,(H,20,21)/t14-,16+,17-/m1/s1. The molecule has 4 rings (SSSR count). The molecule has 3 atom stereocenters. The molecule has 0 spiro atoms. The largest absolute Gasteiger partial charge is 0.366 e. The molecule has 1 saturated carbocycles. The predicted molar refractivity (Wildman–Crippen MR) is 92.5 cm³/mol. The van der Waals surface area contributed by atoms with E-state index in [0.717, 1.165) is 43.6 Å². The average Bonchev–Trinajstić information content (AvgIpc) is 3.18. The Bertz CT molecular complexity index is 572. The molecule has 6 nitrogen and oxygen atoms in total. The van der Waals surface area contributed by atoms with Gasteiger partial charge in [0, 0.05) is 57.6 Å². The number of hydrogen-bond acceptors (Lipinski definition) is 5. The third-order valence-electron chi connectivity index (χ3n) is 6.21. The summed E-state index contributed by atoms with van der Waals surface area (Å²) in [7, 11) is 0. The molecule has 1 aliphatic carbocycles. The van der Waals surface area contributed by atoms with Crippen molar-refractivity contribution in [3.8, 4) is 0 Å². The Kier molecular flexibility index (Phi) is 4.39. The quantitative estimate of drug-likeness (QED) is 0.913. The lowest BCUT2D eigenvalue weighted by atomic mass is 9.98. The fourth-order valence-corrected chi connectivity index (χ4v) is 4.89. The van der Waals surface area contributed by atoms with Crippen LogP contribution in [-0.2, 0) is 4.79 Å². The minimum atomic E-state index is 0.222. The minimum Gasteiger partial charge on any atom is -0.366 e. The van der Waals surface area contributed by atoms with Crippen molar-refractivity contribution in [3.05, 3.63) is 18.6 Å². The predicted octanol–water partition coefficient (Wildman–Crippen LogP) is 1.61. The number of likely N-dealkylation sites (tertiary alicyclic amines) is 2. The number of fused-ring (bicyclic) bond motifs is 1. The van der Waals surface area contributed by atoms with Gasteiger partial charge in [0.25, 0.3) is 0 Å². The summed E-state index contributed by atoms with van der Waals surface area (Å²) >= 11 is 0.